The molecule has 30 heavy (non-hydrogen) atoms. The maximum absolute atomic E-state index is 2.50. The Morgan fingerprint density at radius 2 is 0.800 bits per heavy atom. The van der Waals surface area contributed by atoms with Crippen LogP contribution in [0.15, 0.2) is 72.8 Å². The summed E-state index contributed by atoms with van der Waals surface area (Å²) >= 11 is 0. The molecule has 0 aromatic heterocycles. The lowest BCUT2D eigenvalue weighted by Crippen LogP contribution is -2.41. The van der Waals surface area contributed by atoms with Crippen molar-refractivity contribution in [3.63, 3.8) is 0 Å². The smallest absolute Gasteiger partial charge is 0.0623 e. The standard InChI is InChI=1S/C28H30Si2/c1-19-23-11-7-9-13-25(23)29(3,4)27(19)21-15-17-22(18-16-21)28-20(2)24-12-8-10-14-26(24)30(28,5)6/h7-18H,1-6H3. The highest BCUT2D eigenvalue weighted by atomic mass is 28.3. The molecule has 0 unspecified atom stereocenters. The molecule has 150 valence electrons. The minimum atomic E-state index is -1.66. The zero-order valence-electron chi connectivity index (χ0n) is 18.9. The summed E-state index contributed by atoms with van der Waals surface area (Å²) in [7, 11) is -3.32. The fourth-order valence-electron chi connectivity index (χ4n) is 6.14. The molecule has 0 nitrogen and oxygen atoms in total. The summed E-state index contributed by atoms with van der Waals surface area (Å²) < 4.78 is 0. The molecule has 0 N–H and O–H groups in total. The van der Waals surface area contributed by atoms with Gasteiger partial charge in [-0.25, -0.2) is 0 Å². The van der Waals surface area contributed by atoms with E-state index in [0.29, 0.717) is 0 Å². The molecule has 0 amide bonds. The molecule has 0 bridgehead atoms. The van der Waals surface area contributed by atoms with Gasteiger partial charge in [0.25, 0.3) is 0 Å². The van der Waals surface area contributed by atoms with Crippen LogP contribution in [0.4, 0.5) is 0 Å². The zero-order valence-corrected chi connectivity index (χ0v) is 20.9. The van der Waals surface area contributed by atoms with Crippen LogP contribution >= 0.6 is 0 Å². The summed E-state index contributed by atoms with van der Waals surface area (Å²) in [6, 6.07) is 27.6. The molecule has 2 aliphatic rings. The Morgan fingerprint density at radius 3 is 1.13 bits per heavy atom. The van der Waals surface area contributed by atoms with Crippen LogP contribution in [0.5, 0.6) is 0 Å². The van der Waals surface area contributed by atoms with Gasteiger partial charge in [-0.3, -0.25) is 0 Å². The second-order valence-electron chi connectivity index (χ2n) is 9.92. The Hall–Kier alpha value is -2.43. The summed E-state index contributed by atoms with van der Waals surface area (Å²) in [5.74, 6) is 0. The second kappa shape index (κ2) is 6.53. The van der Waals surface area contributed by atoms with E-state index >= 15 is 0 Å². The maximum Gasteiger partial charge on any atom is 0.114 e. The first-order valence-corrected chi connectivity index (χ1v) is 17.0. The Morgan fingerprint density at radius 1 is 0.467 bits per heavy atom. The molecule has 2 aliphatic heterocycles. The third-order valence-corrected chi connectivity index (χ3v) is 14.9. The van der Waals surface area contributed by atoms with Crippen LogP contribution in [0, 0.1) is 0 Å². The summed E-state index contributed by atoms with van der Waals surface area (Å²) in [6.45, 7) is 14.6. The first-order valence-electron chi connectivity index (χ1n) is 11.0. The maximum atomic E-state index is 2.50. The lowest BCUT2D eigenvalue weighted by atomic mass is 10.0. The highest BCUT2D eigenvalue weighted by Gasteiger charge is 2.40. The fraction of sp³-hybridized carbons (Fsp3) is 0.214. The summed E-state index contributed by atoms with van der Waals surface area (Å²) in [5.41, 5.74) is 8.72. The molecule has 0 radical (unpaired) electrons. The van der Waals surface area contributed by atoms with E-state index in [1.54, 1.807) is 20.8 Å². The lowest BCUT2D eigenvalue weighted by Gasteiger charge is -2.25. The van der Waals surface area contributed by atoms with Crippen molar-refractivity contribution in [1.29, 1.82) is 0 Å². The van der Waals surface area contributed by atoms with Crippen LogP contribution < -0.4 is 10.4 Å². The summed E-state index contributed by atoms with van der Waals surface area (Å²) in [6.07, 6.45) is 0. The number of rotatable bonds is 2. The van der Waals surface area contributed by atoms with Crippen molar-refractivity contribution in [3.05, 3.63) is 95.1 Å². The van der Waals surface area contributed by atoms with Gasteiger partial charge in [0.1, 0.15) is 16.1 Å². The van der Waals surface area contributed by atoms with Gasteiger partial charge in [0, 0.05) is 0 Å². The fourth-order valence-corrected chi connectivity index (χ4v) is 13.5. The minimum absolute atomic E-state index is 1.41. The molecule has 2 heterocycles. The molecule has 0 atom stereocenters. The highest BCUT2D eigenvalue weighted by Crippen LogP contribution is 2.42. The van der Waals surface area contributed by atoms with Crippen molar-refractivity contribution in [3.8, 4) is 0 Å². The topological polar surface area (TPSA) is 0 Å². The van der Waals surface area contributed by atoms with Crippen molar-refractivity contribution >= 4 is 48.1 Å². The van der Waals surface area contributed by atoms with Gasteiger partial charge in [0.15, 0.2) is 0 Å². The molecular formula is C28H30Si2. The van der Waals surface area contributed by atoms with Gasteiger partial charge in [0.2, 0.25) is 0 Å². The lowest BCUT2D eigenvalue weighted by molar-refractivity contribution is 1.57. The largest absolute Gasteiger partial charge is 0.114 e. The first-order chi connectivity index (χ1) is 14.2. The second-order valence-corrected chi connectivity index (χ2v) is 18.5. The molecule has 2 heteroatoms. The molecule has 0 spiro atoms. The predicted octanol–water partition coefficient (Wildman–Crippen LogP) is 6.48. The number of hydrogen-bond acceptors (Lipinski definition) is 0. The molecule has 0 saturated heterocycles. The predicted molar refractivity (Wildman–Crippen MR) is 139 cm³/mol. The van der Waals surface area contributed by atoms with E-state index in [1.807, 2.05) is 0 Å². The molecule has 0 saturated carbocycles. The van der Waals surface area contributed by atoms with Crippen molar-refractivity contribution < 1.29 is 0 Å². The summed E-state index contributed by atoms with van der Waals surface area (Å²) in [4.78, 5) is 0. The van der Waals surface area contributed by atoms with Crippen LogP contribution in [-0.2, 0) is 0 Å². The van der Waals surface area contributed by atoms with Gasteiger partial charge in [-0.05, 0) is 68.0 Å². The van der Waals surface area contributed by atoms with Crippen LogP contribution in [0.3, 0.4) is 0 Å². The van der Waals surface area contributed by atoms with E-state index in [4.69, 9.17) is 0 Å². The average Bonchev–Trinajstić information content (AvgIpc) is 3.07. The van der Waals surface area contributed by atoms with Gasteiger partial charge in [0.05, 0.1) is 0 Å². The minimum Gasteiger partial charge on any atom is -0.0623 e. The third-order valence-electron chi connectivity index (χ3n) is 7.47. The van der Waals surface area contributed by atoms with Crippen LogP contribution in [0.2, 0.25) is 26.2 Å². The normalized spacial score (nSPS) is 18.6. The third kappa shape index (κ3) is 2.57. The van der Waals surface area contributed by atoms with Gasteiger partial charge in [-0.15, -0.1) is 0 Å². The van der Waals surface area contributed by atoms with Gasteiger partial charge < -0.3 is 0 Å². The van der Waals surface area contributed by atoms with Gasteiger partial charge in [-0.1, -0.05) is 99.0 Å². The molecule has 0 fully saturated rings. The molecule has 5 rings (SSSR count). The number of hydrogen-bond donors (Lipinski definition) is 0. The number of fused-ring (bicyclic) bond motifs is 2. The van der Waals surface area contributed by atoms with E-state index in [0.717, 1.165) is 0 Å². The monoisotopic (exact) mass is 422 g/mol. The van der Waals surface area contributed by atoms with E-state index in [9.17, 15) is 0 Å². The van der Waals surface area contributed by atoms with E-state index < -0.39 is 16.1 Å². The number of benzene rings is 3. The first kappa shape index (κ1) is 19.5. The van der Waals surface area contributed by atoms with Crippen molar-refractivity contribution in [2.45, 2.75) is 40.0 Å². The SMILES string of the molecule is CC1=C(c2ccc(C3=C(C)c4ccccc4[Si]3(C)C)cc2)[Si](C)(C)c2ccccc21. The van der Waals surface area contributed by atoms with Crippen LogP contribution in [0.25, 0.3) is 21.5 Å². The van der Waals surface area contributed by atoms with E-state index in [1.165, 1.54) is 33.4 Å². The quantitative estimate of drug-likeness (QED) is 0.414. The van der Waals surface area contributed by atoms with Crippen LogP contribution in [-0.4, -0.2) is 16.1 Å². The van der Waals surface area contributed by atoms with E-state index in [-0.39, 0.29) is 0 Å². The molecule has 3 aromatic carbocycles. The van der Waals surface area contributed by atoms with E-state index in [2.05, 4.69) is 113 Å². The number of allylic oxidation sites excluding steroid dienone is 2. The average molecular weight is 423 g/mol. The Bertz CT molecular complexity index is 1140. The zero-order chi connectivity index (χ0) is 21.3. The Balaban J connectivity index is 1.59. The van der Waals surface area contributed by atoms with Gasteiger partial charge >= 0.3 is 0 Å². The molecule has 3 aromatic rings. The molecular weight excluding hydrogens is 392 g/mol. The van der Waals surface area contributed by atoms with Crippen molar-refractivity contribution in [2.24, 2.45) is 0 Å². The van der Waals surface area contributed by atoms with Gasteiger partial charge in [-0.2, -0.15) is 0 Å². The Kier molecular flexibility index (Phi) is 4.25. The van der Waals surface area contributed by atoms with Crippen LogP contribution in [0.1, 0.15) is 36.1 Å². The van der Waals surface area contributed by atoms with Crippen molar-refractivity contribution in [1.82, 2.24) is 0 Å². The summed E-state index contributed by atoms with van der Waals surface area (Å²) in [5, 5.41) is 6.37. The highest BCUT2D eigenvalue weighted by molar-refractivity contribution is 7.08. The molecule has 0 aliphatic carbocycles. The Labute approximate surface area is 183 Å². The van der Waals surface area contributed by atoms with Crippen molar-refractivity contribution in [2.75, 3.05) is 0 Å².